The Morgan fingerprint density at radius 3 is 1.68 bits per heavy atom. The zero-order valence-corrected chi connectivity index (χ0v) is 33.4. The van der Waals surface area contributed by atoms with Gasteiger partial charge < -0.3 is 19.5 Å². The van der Waals surface area contributed by atoms with Gasteiger partial charge in [-0.15, -0.1) is 0 Å². The number of aromatic nitrogens is 4. The van der Waals surface area contributed by atoms with E-state index in [4.69, 9.17) is 19.3 Å². The molecule has 4 heterocycles. The summed E-state index contributed by atoms with van der Waals surface area (Å²) in [7, 11) is 2.69. The Hall–Kier alpha value is -6.67. The Balaban J connectivity index is 0.000000184. The van der Waals surface area contributed by atoms with Gasteiger partial charge in [0, 0.05) is 35.3 Å². The number of carbonyl (C=O) groups is 3. The number of rotatable bonds is 8. The minimum absolute atomic E-state index is 0.272. The quantitative estimate of drug-likeness (QED) is 0.121. The maximum Gasteiger partial charge on any atom is 0.410 e. The maximum atomic E-state index is 14.8. The van der Waals surface area contributed by atoms with Crippen LogP contribution in [0.1, 0.15) is 75.1 Å². The van der Waals surface area contributed by atoms with E-state index in [0.29, 0.717) is 59.8 Å². The second kappa shape index (κ2) is 17.0. The van der Waals surface area contributed by atoms with E-state index in [-0.39, 0.29) is 30.7 Å². The first-order chi connectivity index (χ1) is 28.3. The number of methoxy groups -OCH3 is 2. The second-order valence-corrected chi connectivity index (χ2v) is 15.1. The number of fused-ring (bicyclic) bond motifs is 2. The number of benzene rings is 4. The summed E-state index contributed by atoms with van der Waals surface area (Å²) in [4.78, 5) is 37.8. The second-order valence-electron chi connectivity index (χ2n) is 15.1. The van der Waals surface area contributed by atoms with Crippen molar-refractivity contribution >= 4 is 18.0 Å². The number of nitrogens with one attached hydrogen (secondary N) is 1. The van der Waals surface area contributed by atoms with Crippen LogP contribution in [0.3, 0.4) is 0 Å². The van der Waals surface area contributed by atoms with Crippen LogP contribution < -0.4 is 5.32 Å². The van der Waals surface area contributed by atoms with Gasteiger partial charge in [-0.3, -0.25) is 14.3 Å². The molecular formula is C45H44F2N6O6. The highest BCUT2D eigenvalue weighted by atomic mass is 19.1. The van der Waals surface area contributed by atoms with Crippen LogP contribution in [0.2, 0.25) is 0 Å². The Kier molecular flexibility index (Phi) is 11.7. The molecule has 14 heteroatoms. The maximum absolute atomic E-state index is 14.8. The SMILES string of the molecule is COC(=O)c1cccc(Cn2nc3c(c2-c2ccccc2F)CN(C(=O)OC(C)(C)C)C3)c1.COC(=O)c1cccc(Cn2nc3c(c2-c2ccccc2F)CNC3)c1. The molecule has 0 bridgehead atoms. The number of carbonyl (C=O) groups excluding carboxylic acids is 3. The van der Waals surface area contributed by atoms with Crippen LogP contribution in [-0.4, -0.2) is 62.3 Å². The fourth-order valence-electron chi connectivity index (χ4n) is 7.22. The smallest absolute Gasteiger partial charge is 0.410 e. The number of ether oxygens (including phenoxy) is 3. The molecule has 2 aliphatic rings. The highest BCUT2D eigenvalue weighted by Crippen LogP contribution is 2.36. The molecule has 0 radical (unpaired) electrons. The van der Waals surface area contributed by atoms with Crippen molar-refractivity contribution < 1.29 is 37.4 Å². The molecule has 0 unspecified atom stereocenters. The first kappa shape index (κ1) is 40.5. The van der Waals surface area contributed by atoms with Crippen LogP contribution in [0.5, 0.6) is 0 Å². The molecule has 2 aromatic heterocycles. The van der Waals surface area contributed by atoms with Gasteiger partial charge in [0.15, 0.2) is 0 Å². The van der Waals surface area contributed by atoms with E-state index in [1.807, 2.05) is 49.7 Å². The molecule has 0 saturated carbocycles. The molecular weight excluding hydrogens is 759 g/mol. The summed E-state index contributed by atoms with van der Waals surface area (Å²) in [6.45, 7) is 8.11. The van der Waals surface area contributed by atoms with Crippen molar-refractivity contribution in [2.75, 3.05) is 14.2 Å². The topological polar surface area (TPSA) is 130 Å². The summed E-state index contributed by atoms with van der Waals surface area (Å²) in [5.74, 6) is -1.46. The van der Waals surface area contributed by atoms with Gasteiger partial charge in [-0.25, -0.2) is 23.2 Å². The van der Waals surface area contributed by atoms with Crippen LogP contribution in [0, 0.1) is 11.6 Å². The standard InChI is InChI=1S/C25H26FN3O4.C20H18FN3O2/c1-25(2,3)33-24(31)28-14-19-21(15-28)27-29(22(19)18-10-5-6-11-20(18)26)13-16-8-7-9-17(12-16)23(30)32-4;1-26-20(25)14-6-4-5-13(9-14)12-24-19(15-7-2-3-8-17(15)21)16-10-22-11-18(16)23-24/h5-12H,13-15H2,1-4H3;2-9,22H,10-12H2,1H3. The third kappa shape index (κ3) is 8.92. The molecule has 0 fully saturated rings. The lowest BCUT2D eigenvalue weighted by atomic mass is 10.1. The highest BCUT2D eigenvalue weighted by Gasteiger charge is 2.34. The fourth-order valence-corrected chi connectivity index (χ4v) is 7.22. The summed E-state index contributed by atoms with van der Waals surface area (Å²) in [5.41, 5.74) is 7.80. The van der Waals surface area contributed by atoms with Crippen molar-refractivity contribution in [1.82, 2.24) is 29.8 Å². The Morgan fingerprint density at radius 2 is 1.17 bits per heavy atom. The van der Waals surface area contributed by atoms with Gasteiger partial charge in [0.2, 0.25) is 0 Å². The molecule has 8 rings (SSSR count). The molecule has 0 saturated heterocycles. The van der Waals surface area contributed by atoms with E-state index in [0.717, 1.165) is 33.6 Å². The van der Waals surface area contributed by atoms with Crippen molar-refractivity contribution in [3.8, 4) is 22.5 Å². The van der Waals surface area contributed by atoms with Crippen molar-refractivity contribution in [2.24, 2.45) is 0 Å². The number of esters is 2. The lowest BCUT2D eigenvalue weighted by Gasteiger charge is -2.24. The van der Waals surface area contributed by atoms with Crippen molar-refractivity contribution in [2.45, 2.75) is 65.6 Å². The normalized spacial score (nSPS) is 13.0. The number of amides is 1. The predicted octanol–water partition coefficient (Wildman–Crippen LogP) is 7.90. The molecule has 0 atom stereocenters. The number of hydrogen-bond donors (Lipinski definition) is 1. The van der Waals surface area contributed by atoms with Crippen molar-refractivity contribution in [1.29, 1.82) is 0 Å². The fraction of sp³-hybridized carbons (Fsp3) is 0.267. The summed E-state index contributed by atoms with van der Waals surface area (Å²) >= 11 is 0. The molecule has 0 spiro atoms. The van der Waals surface area contributed by atoms with Gasteiger partial charge >= 0.3 is 18.0 Å². The third-order valence-electron chi connectivity index (χ3n) is 9.82. The molecule has 59 heavy (non-hydrogen) atoms. The van der Waals surface area contributed by atoms with Gasteiger partial charge in [-0.2, -0.15) is 10.2 Å². The predicted molar refractivity (Wildman–Crippen MR) is 215 cm³/mol. The lowest BCUT2D eigenvalue weighted by Crippen LogP contribution is -2.33. The summed E-state index contributed by atoms with van der Waals surface area (Å²) in [6, 6.07) is 27.5. The third-order valence-corrected chi connectivity index (χ3v) is 9.82. The number of halogens is 2. The van der Waals surface area contributed by atoms with E-state index < -0.39 is 17.7 Å². The lowest BCUT2D eigenvalue weighted by molar-refractivity contribution is 0.0239. The van der Waals surface area contributed by atoms with E-state index in [1.54, 1.807) is 70.2 Å². The van der Waals surface area contributed by atoms with Gasteiger partial charge in [-0.05, 0) is 80.4 Å². The average molecular weight is 803 g/mol. The first-order valence-electron chi connectivity index (χ1n) is 19.0. The molecule has 6 aromatic rings. The Bertz CT molecular complexity index is 2540. The van der Waals surface area contributed by atoms with Gasteiger partial charge in [0.25, 0.3) is 0 Å². The molecule has 12 nitrogen and oxygen atoms in total. The van der Waals surface area contributed by atoms with Gasteiger partial charge in [0.05, 0.1) is 74.3 Å². The molecule has 1 N–H and O–H groups in total. The highest BCUT2D eigenvalue weighted by molar-refractivity contribution is 5.90. The Labute approximate surface area is 340 Å². The molecule has 4 aromatic carbocycles. The van der Waals surface area contributed by atoms with E-state index in [1.165, 1.54) is 26.4 Å². The summed E-state index contributed by atoms with van der Waals surface area (Å²) in [6.07, 6.45) is -0.433. The summed E-state index contributed by atoms with van der Waals surface area (Å²) in [5, 5.41) is 12.6. The number of hydrogen-bond acceptors (Lipinski definition) is 9. The monoisotopic (exact) mass is 802 g/mol. The number of nitrogens with zero attached hydrogens (tertiary/aromatic N) is 5. The van der Waals surface area contributed by atoms with Gasteiger partial charge in [0.1, 0.15) is 17.2 Å². The van der Waals surface area contributed by atoms with Crippen LogP contribution in [0.25, 0.3) is 22.5 Å². The van der Waals surface area contributed by atoms with Gasteiger partial charge in [-0.1, -0.05) is 48.5 Å². The molecule has 1 amide bonds. The minimum atomic E-state index is -0.615. The molecule has 2 aliphatic heterocycles. The van der Waals surface area contributed by atoms with Crippen molar-refractivity contribution in [3.63, 3.8) is 0 Å². The zero-order chi connectivity index (χ0) is 41.8. The van der Waals surface area contributed by atoms with Crippen LogP contribution in [-0.2, 0) is 53.5 Å². The van der Waals surface area contributed by atoms with Crippen LogP contribution in [0.4, 0.5) is 13.6 Å². The first-order valence-corrected chi connectivity index (χ1v) is 19.0. The van der Waals surface area contributed by atoms with E-state index >= 15 is 0 Å². The average Bonchev–Trinajstić information content (AvgIpc) is 3.99. The largest absolute Gasteiger partial charge is 0.465 e. The van der Waals surface area contributed by atoms with E-state index in [2.05, 4.69) is 10.4 Å². The summed E-state index contributed by atoms with van der Waals surface area (Å²) < 4.78 is 47.9. The molecule has 304 valence electrons. The van der Waals surface area contributed by atoms with Crippen molar-refractivity contribution in [3.05, 3.63) is 153 Å². The van der Waals surface area contributed by atoms with E-state index in [9.17, 15) is 23.2 Å². The van der Waals surface area contributed by atoms with Crippen LogP contribution >= 0.6 is 0 Å². The Morgan fingerprint density at radius 1 is 0.661 bits per heavy atom. The zero-order valence-electron chi connectivity index (χ0n) is 33.4. The molecule has 0 aliphatic carbocycles. The van der Waals surface area contributed by atoms with Crippen LogP contribution in [0.15, 0.2) is 97.1 Å². The minimum Gasteiger partial charge on any atom is -0.465 e.